The number of amides is 1. The molecule has 6 nitrogen and oxygen atoms in total. The van der Waals surface area contributed by atoms with Gasteiger partial charge in [0.1, 0.15) is 0 Å². The van der Waals surface area contributed by atoms with Crippen LogP contribution in [-0.2, 0) is 21.2 Å². The lowest BCUT2D eigenvalue weighted by atomic mass is 9.99. The molecule has 0 radical (unpaired) electrons. The molecule has 1 aliphatic heterocycles. The van der Waals surface area contributed by atoms with Crippen molar-refractivity contribution in [2.45, 2.75) is 36.6 Å². The van der Waals surface area contributed by atoms with Crippen molar-refractivity contribution in [2.24, 2.45) is 0 Å². The smallest absolute Gasteiger partial charge is 0.243 e. The van der Waals surface area contributed by atoms with E-state index in [-0.39, 0.29) is 23.3 Å². The SMILES string of the molecule is O=C(Cc1cccc2ccccc12)Nc1ccc(S(=O)(=O)N2CCCCC2c2cccnc2)cc1. The summed E-state index contributed by atoms with van der Waals surface area (Å²) in [6, 6.07) is 23.9. The lowest BCUT2D eigenvalue weighted by molar-refractivity contribution is -0.115. The average molecular weight is 486 g/mol. The molecular weight excluding hydrogens is 458 g/mol. The van der Waals surface area contributed by atoms with E-state index < -0.39 is 10.0 Å². The number of aromatic nitrogens is 1. The normalized spacial score (nSPS) is 16.7. The van der Waals surface area contributed by atoms with Gasteiger partial charge in [-0.1, -0.05) is 55.0 Å². The number of rotatable bonds is 6. The molecule has 0 aliphatic carbocycles. The first-order chi connectivity index (χ1) is 17.0. The molecule has 5 rings (SSSR count). The van der Waals surface area contributed by atoms with E-state index in [1.54, 1.807) is 41.0 Å². The minimum atomic E-state index is -3.68. The first kappa shape index (κ1) is 23.2. The van der Waals surface area contributed by atoms with Crippen LogP contribution in [0.25, 0.3) is 10.8 Å². The molecule has 7 heteroatoms. The molecule has 178 valence electrons. The zero-order valence-corrected chi connectivity index (χ0v) is 20.1. The molecule has 0 bridgehead atoms. The fourth-order valence-corrected chi connectivity index (χ4v) is 6.45. The van der Waals surface area contributed by atoms with E-state index in [2.05, 4.69) is 10.3 Å². The summed E-state index contributed by atoms with van der Waals surface area (Å²) < 4.78 is 28.6. The number of sulfonamides is 1. The third kappa shape index (κ3) is 4.97. The predicted molar refractivity (Wildman–Crippen MR) is 137 cm³/mol. The minimum Gasteiger partial charge on any atom is -0.326 e. The molecule has 1 atom stereocenters. The highest BCUT2D eigenvalue weighted by Gasteiger charge is 2.34. The Kier molecular flexibility index (Phi) is 6.61. The Morgan fingerprint density at radius 2 is 1.74 bits per heavy atom. The maximum absolute atomic E-state index is 13.5. The van der Waals surface area contributed by atoms with Gasteiger partial charge in [0.15, 0.2) is 0 Å². The number of hydrogen-bond donors (Lipinski definition) is 1. The Labute approximate surface area is 205 Å². The highest BCUT2D eigenvalue weighted by atomic mass is 32.2. The molecule has 1 amide bonds. The van der Waals surface area contributed by atoms with E-state index in [9.17, 15) is 13.2 Å². The van der Waals surface area contributed by atoms with Gasteiger partial charge in [0.2, 0.25) is 15.9 Å². The number of hydrogen-bond acceptors (Lipinski definition) is 4. The summed E-state index contributed by atoms with van der Waals surface area (Å²) in [5, 5.41) is 5.04. The van der Waals surface area contributed by atoms with Gasteiger partial charge in [-0.05, 0) is 65.1 Å². The molecule has 1 aromatic heterocycles. The first-order valence-corrected chi connectivity index (χ1v) is 13.2. The van der Waals surface area contributed by atoms with Crippen molar-refractivity contribution in [1.82, 2.24) is 9.29 Å². The zero-order valence-electron chi connectivity index (χ0n) is 19.3. The second kappa shape index (κ2) is 9.98. The van der Waals surface area contributed by atoms with Crippen molar-refractivity contribution in [3.63, 3.8) is 0 Å². The molecule has 0 spiro atoms. The summed E-state index contributed by atoms with van der Waals surface area (Å²) in [5.74, 6) is -0.148. The Balaban J connectivity index is 1.31. The van der Waals surface area contributed by atoms with Gasteiger partial charge in [-0.3, -0.25) is 9.78 Å². The number of benzene rings is 3. The monoisotopic (exact) mass is 485 g/mol. The van der Waals surface area contributed by atoms with Gasteiger partial charge in [-0.25, -0.2) is 8.42 Å². The molecule has 1 saturated heterocycles. The van der Waals surface area contributed by atoms with Gasteiger partial charge >= 0.3 is 0 Å². The fourth-order valence-electron chi connectivity index (χ4n) is 4.77. The van der Waals surface area contributed by atoms with Gasteiger partial charge in [0.05, 0.1) is 17.4 Å². The highest BCUT2D eigenvalue weighted by Crippen LogP contribution is 2.35. The molecule has 1 N–H and O–H groups in total. The van der Waals surface area contributed by atoms with Crippen LogP contribution in [0.15, 0.2) is 96.2 Å². The molecule has 1 unspecified atom stereocenters. The van der Waals surface area contributed by atoms with Crippen molar-refractivity contribution in [2.75, 3.05) is 11.9 Å². The largest absolute Gasteiger partial charge is 0.326 e. The van der Waals surface area contributed by atoms with Crippen LogP contribution in [0.5, 0.6) is 0 Å². The molecule has 4 aromatic rings. The molecule has 2 heterocycles. The quantitative estimate of drug-likeness (QED) is 0.400. The van der Waals surface area contributed by atoms with E-state index in [0.29, 0.717) is 12.2 Å². The van der Waals surface area contributed by atoms with Crippen LogP contribution in [0.3, 0.4) is 0 Å². The number of nitrogens with zero attached hydrogens (tertiary/aromatic N) is 2. The Morgan fingerprint density at radius 1 is 0.943 bits per heavy atom. The van der Waals surface area contributed by atoms with Crippen LogP contribution in [0.4, 0.5) is 5.69 Å². The van der Waals surface area contributed by atoms with E-state index >= 15 is 0 Å². The molecule has 0 saturated carbocycles. The van der Waals surface area contributed by atoms with Gasteiger partial charge in [0.25, 0.3) is 0 Å². The number of nitrogens with one attached hydrogen (secondary N) is 1. The van der Waals surface area contributed by atoms with Gasteiger partial charge in [-0.2, -0.15) is 4.31 Å². The molecular formula is C28H27N3O3S. The number of fused-ring (bicyclic) bond motifs is 1. The van der Waals surface area contributed by atoms with Crippen molar-refractivity contribution in [3.05, 3.63) is 102 Å². The lowest BCUT2D eigenvalue weighted by Crippen LogP contribution is -2.38. The van der Waals surface area contributed by atoms with Crippen molar-refractivity contribution >= 4 is 32.4 Å². The second-order valence-corrected chi connectivity index (χ2v) is 10.7. The highest BCUT2D eigenvalue weighted by molar-refractivity contribution is 7.89. The standard InChI is InChI=1S/C28H27N3O3S/c32-28(19-22-9-5-8-21-7-1-2-11-26(21)22)30-24-13-15-25(16-14-24)35(33,34)31-18-4-3-12-27(31)23-10-6-17-29-20-23/h1-2,5-11,13-17,20,27H,3-4,12,18-19H2,(H,30,32). The molecule has 1 fully saturated rings. The third-order valence-corrected chi connectivity index (χ3v) is 8.42. The van der Waals surface area contributed by atoms with Crippen LogP contribution in [0, 0.1) is 0 Å². The number of pyridine rings is 1. The number of piperidine rings is 1. The summed E-state index contributed by atoms with van der Waals surface area (Å²) in [6.07, 6.45) is 6.26. The van der Waals surface area contributed by atoms with Gasteiger partial charge < -0.3 is 5.32 Å². The number of carbonyl (C=O) groups is 1. The van der Waals surface area contributed by atoms with Crippen molar-refractivity contribution < 1.29 is 13.2 Å². The van der Waals surface area contributed by atoms with Crippen LogP contribution in [-0.4, -0.2) is 30.2 Å². The summed E-state index contributed by atoms with van der Waals surface area (Å²) >= 11 is 0. The third-order valence-electron chi connectivity index (χ3n) is 6.50. The predicted octanol–water partition coefficient (Wildman–Crippen LogP) is 5.33. The number of carbonyl (C=O) groups excluding carboxylic acids is 1. The number of anilines is 1. The van der Waals surface area contributed by atoms with E-state index in [1.165, 1.54) is 0 Å². The molecule has 1 aliphatic rings. The van der Waals surface area contributed by atoms with Crippen LogP contribution < -0.4 is 5.32 Å². The summed E-state index contributed by atoms with van der Waals surface area (Å²) in [6.45, 7) is 0.478. The van der Waals surface area contributed by atoms with E-state index in [1.807, 2.05) is 54.6 Å². The Morgan fingerprint density at radius 3 is 2.54 bits per heavy atom. The Hall–Kier alpha value is -3.55. The summed E-state index contributed by atoms with van der Waals surface area (Å²) in [5.41, 5.74) is 2.43. The average Bonchev–Trinajstić information content (AvgIpc) is 2.90. The van der Waals surface area contributed by atoms with Crippen molar-refractivity contribution in [1.29, 1.82) is 0 Å². The van der Waals surface area contributed by atoms with Gasteiger partial charge in [-0.15, -0.1) is 0 Å². The maximum Gasteiger partial charge on any atom is 0.243 e. The zero-order chi connectivity index (χ0) is 24.3. The first-order valence-electron chi connectivity index (χ1n) is 11.8. The van der Waals surface area contributed by atoms with Crippen LogP contribution in [0.1, 0.15) is 36.4 Å². The van der Waals surface area contributed by atoms with E-state index in [0.717, 1.165) is 41.2 Å². The Bertz CT molecular complexity index is 1430. The van der Waals surface area contributed by atoms with Crippen molar-refractivity contribution in [3.8, 4) is 0 Å². The van der Waals surface area contributed by atoms with Gasteiger partial charge in [0, 0.05) is 24.6 Å². The maximum atomic E-state index is 13.5. The van der Waals surface area contributed by atoms with Crippen LogP contribution in [0.2, 0.25) is 0 Å². The minimum absolute atomic E-state index is 0.148. The molecule has 35 heavy (non-hydrogen) atoms. The second-order valence-electron chi connectivity index (χ2n) is 8.80. The molecule has 3 aromatic carbocycles. The topological polar surface area (TPSA) is 79.4 Å². The van der Waals surface area contributed by atoms with Crippen LogP contribution >= 0.6 is 0 Å². The summed E-state index contributed by atoms with van der Waals surface area (Å²) in [4.78, 5) is 17.1. The lowest BCUT2D eigenvalue weighted by Gasteiger charge is -2.34. The fraction of sp³-hybridized carbons (Fsp3) is 0.214. The van der Waals surface area contributed by atoms with E-state index in [4.69, 9.17) is 0 Å². The summed E-state index contributed by atoms with van der Waals surface area (Å²) in [7, 11) is -3.68.